The second kappa shape index (κ2) is 7.33. The largest absolute Gasteiger partial charge is 0.367 e. The highest BCUT2D eigenvalue weighted by atomic mass is 35.5. The van der Waals surface area contributed by atoms with Gasteiger partial charge in [0.05, 0.1) is 12.5 Å². The monoisotopic (exact) mass is 319 g/mol. The van der Waals surface area contributed by atoms with Gasteiger partial charge in [0.15, 0.2) is 11.0 Å². The Morgan fingerprint density at radius 1 is 1.41 bits per heavy atom. The number of nitrogens with zero attached hydrogens (tertiary/aromatic N) is 3. The van der Waals surface area contributed by atoms with Gasteiger partial charge in [0.2, 0.25) is 0 Å². The van der Waals surface area contributed by atoms with Crippen LogP contribution in [0, 0.1) is 17.1 Å². The van der Waals surface area contributed by atoms with E-state index in [1.165, 1.54) is 24.5 Å². The molecule has 1 heterocycles. The predicted octanol–water partition coefficient (Wildman–Crippen LogP) is 2.85. The van der Waals surface area contributed by atoms with E-state index in [1.807, 2.05) is 6.07 Å². The Kier molecular flexibility index (Phi) is 5.22. The minimum Gasteiger partial charge on any atom is -0.367 e. The maximum absolute atomic E-state index is 13.2. The standard InChI is InChI=1S/C14H11ClFN5O/c15-12-11(13(20-8-19-12)18-6-2-5-17)21-14(22)9-3-1-4-10(16)7-9/h1,3-4,7-8H,2,6H2,(H,21,22)(H,18,19,20). The zero-order valence-corrected chi connectivity index (χ0v) is 12.1. The van der Waals surface area contributed by atoms with Crippen molar-refractivity contribution in [1.82, 2.24) is 9.97 Å². The number of nitrogens with one attached hydrogen (secondary N) is 2. The van der Waals surface area contributed by atoms with Gasteiger partial charge in [0.25, 0.3) is 5.91 Å². The van der Waals surface area contributed by atoms with Crippen LogP contribution in [-0.2, 0) is 0 Å². The van der Waals surface area contributed by atoms with Crippen molar-refractivity contribution < 1.29 is 9.18 Å². The fraction of sp³-hybridized carbons (Fsp3) is 0.143. The molecular formula is C14H11ClFN5O. The summed E-state index contributed by atoms with van der Waals surface area (Å²) in [5.74, 6) is -0.769. The molecule has 1 aromatic heterocycles. The Bertz CT molecular complexity index is 731. The number of amides is 1. The summed E-state index contributed by atoms with van der Waals surface area (Å²) in [4.78, 5) is 19.9. The number of hydrogen-bond acceptors (Lipinski definition) is 5. The van der Waals surface area contributed by atoms with Gasteiger partial charge in [-0.15, -0.1) is 0 Å². The number of carbonyl (C=O) groups is 1. The van der Waals surface area contributed by atoms with Gasteiger partial charge in [-0.1, -0.05) is 17.7 Å². The van der Waals surface area contributed by atoms with Gasteiger partial charge >= 0.3 is 0 Å². The van der Waals surface area contributed by atoms with Gasteiger partial charge in [-0.2, -0.15) is 5.26 Å². The molecule has 22 heavy (non-hydrogen) atoms. The molecule has 0 aliphatic rings. The van der Waals surface area contributed by atoms with Crippen LogP contribution in [0.15, 0.2) is 30.6 Å². The summed E-state index contributed by atoms with van der Waals surface area (Å²) in [6.45, 7) is 0.340. The molecular weight excluding hydrogens is 309 g/mol. The summed E-state index contributed by atoms with van der Waals surface area (Å²) in [6.07, 6.45) is 1.49. The third kappa shape index (κ3) is 3.90. The lowest BCUT2D eigenvalue weighted by Crippen LogP contribution is -2.16. The van der Waals surface area contributed by atoms with Gasteiger partial charge in [0.1, 0.15) is 17.8 Å². The number of hydrogen-bond donors (Lipinski definition) is 2. The molecule has 2 N–H and O–H groups in total. The summed E-state index contributed by atoms with van der Waals surface area (Å²) in [7, 11) is 0. The first-order chi connectivity index (χ1) is 10.6. The number of anilines is 2. The van der Waals surface area contributed by atoms with E-state index in [0.717, 1.165) is 6.07 Å². The summed E-state index contributed by atoms with van der Waals surface area (Å²) in [5, 5.41) is 14.0. The maximum atomic E-state index is 13.2. The number of carbonyl (C=O) groups excluding carboxylic acids is 1. The van der Waals surface area contributed by atoms with E-state index in [-0.39, 0.29) is 22.8 Å². The van der Waals surface area contributed by atoms with Crippen LogP contribution in [0.2, 0.25) is 5.15 Å². The molecule has 6 nitrogen and oxygen atoms in total. The summed E-state index contributed by atoms with van der Waals surface area (Å²) < 4.78 is 13.2. The fourth-order valence-electron chi connectivity index (χ4n) is 1.66. The summed E-state index contributed by atoms with van der Waals surface area (Å²) >= 11 is 5.96. The van der Waals surface area contributed by atoms with Crippen LogP contribution in [0.25, 0.3) is 0 Å². The van der Waals surface area contributed by atoms with Crippen LogP contribution in [0.4, 0.5) is 15.9 Å². The molecule has 0 bridgehead atoms. The van der Waals surface area contributed by atoms with Crippen LogP contribution in [0.1, 0.15) is 16.8 Å². The van der Waals surface area contributed by atoms with Crippen LogP contribution >= 0.6 is 11.6 Å². The number of aromatic nitrogens is 2. The molecule has 0 fully saturated rings. The maximum Gasteiger partial charge on any atom is 0.255 e. The van der Waals surface area contributed by atoms with E-state index < -0.39 is 11.7 Å². The first kappa shape index (κ1) is 15.7. The molecule has 0 aliphatic heterocycles. The van der Waals surface area contributed by atoms with E-state index in [2.05, 4.69) is 20.6 Å². The summed E-state index contributed by atoms with van der Waals surface area (Å²) in [6, 6.07) is 7.23. The normalized spacial score (nSPS) is 9.86. The highest BCUT2D eigenvalue weighted by Crippen LogP contribution is 2.26. The smallest absolute Gasteiger partial charge is 0.255 e. The Morgan fingerprint density at radius 3 is 2.95 bits per heavy atom. The average Bonchev–Trinajstić information content (AvgIpc) is 2.50. The molecule has 0 atom stereocenters. The molecule has 0 spiro atoms. The van der Waals surface area contributed by atoms with Crippen molar-refractivity contribution in [2.24, 2.45) is 0 Å². The van der Waals surface area contributed by atoms with Gasteiger partial charge in [-0.05, 0) is 18.2 Å². The highest BCUT2D eigenvalue weighted by Gasteiger charge is 2.14. The Morgan fingerprint density at radius 2 is 2.23 bits per heavy atom. The van der Waals surface area contributed by atoms with Crippen molar-refractivity contribution in [3.8, 4) is 6.07 Å². The fourth-order valence-corrected chi connectivity index (χ4v) is 1.84. The van der Waals surface area contributed by atoms with Crippen molar-refractivity contribution >= 4 is 29.0 Å². The molecule has 0 unspecified atom stereocenters. The van der Waals surface area contributed by atoms with Crippen molar-refractivity contribution in [2.45, 2.75) is 6.42 Å². The Labute approximate surface area is 131 Å². The quantitative estimate of drug-likeness (QED) is 0.653. The van der Waals surface area contributed by atoms with Crippen molar-refractivity contribution in [1.29, 1.82) is 5.26 Å². The van der Waals surface area contributed by atoms with E-state index >= 15 is 0 Å². The van der Waals surface area contributed by atoms with Gasteiger partial charge in [-0.25, -0.2) is 14.4 Å². The second-order valence-corrected chi connectivity index (χ2v) is 4.55. The van der Waals surface area contributed by atoms with Crippen LogP contribution < -0.4 is 10.6 Å². The zero-order valence-electron chi connectivity index (χ0n) is 11.3. The molecule has 2 aromatic rings. The van der Waals surface area contributed by atoms with Crippen molar-refractivity contribution in [3.63, 3.8) is 0 Å². The van der Waals surface area contributed by atoms with E-state index in [0.29, 0.717) is 12.4 Å². The number of halogens is 2. The Balaban J connectivity index is 2.21. The topological polar surface area (TPSA) is 90.7 Å². The van der Waals surface area contributed by atoms with Gasteiger partial charge in [0, 0.05) is 12.1 Å². The minimum absolute atomic E-state index is 0.0409. The lowest BCUT2D eigenvalue weighted by molar-refractivity contribution is 0.102. The SMILES string of the molecule is N#CCCNc1ncnc(Cl)c1NC(=O)c1cccc(F)c1. The lowest BCUT2D eigenvalue weighted by atomic mass is 10.2. The molecule has 0 saturated carbocycles. The molecule has 1 aromatic carbocycles. The molecule has 1 amide bonds. The zero-order chi connectivity index (χ0) is 15.9. The molecule has 2 rings (SSSR count). The predicted molar refractivity (Wildman–Crippen MR) is 80.1 cm³/mol. The van der Waals surface area contributed by atoms with E-state index in [1.54, 1.807) is 0 Å². The average molecular weight is 320 g/mol. The Hall–Kier alpha value is -2.72. The summed E-state index contributed by atoms with van der Waals surface area (Å²) in [5.41, 5.74) is 0.319. The first-order valence-electron chi connectivity index (χ1n) is 6.30. The molecule has 112 valence electrons. The third-order valence-electron chi connectivity index (χ3n) is 2.66. The van der Waals surface area contributed by atoms with Gasteiger partial charge < -0.3 is 10.6 Å². The number of nitriles is 1. The lowest BCUT2D eigenvalue weighted by Gasteiger charge is -2.12. The second-order valence-electron chi connectivity index (χ2n) is 4.19. The third-order valence-corrected chi connectivity index (χ3v) is 2.94. The number of rotatable bonds is 5. The van der Waals surface area contributed by atoms with Gasteiger partial charge in [-0.3, -0.25) is 4.79 Å². The molecule has 8 heteroatoms. The molecule has 0 saturated heterocycles. The first-order valence-corrected chi connectivity index (χ1v) is 6.68. The molecule has 0 aliphatic carbocycles. The van der Waals surface area contributed by atoms with Crippen LogP contribution in [0.5, 0.6) is 0 Å². The minimum atomic E-state index is -0.542. The molecule has 0 radical (unpaired) electrons. The number of benzene rings is 1. The van der Waals surface area contributed by atoms with Crippen LogP contribution in [-0.4, -0.2) is 22.4 Å². The highest BCUT2D eigenvalue weighted by molar-refractivity contribution is 6.33. The van der Waals surface area contributed by atoms with Crippen molar-refractivity contribution in [3.05, 3.63) is 47.1 Å². The van der Waals surface area contributed by atoms with E-state index in [4.69, 9.17) is 16.9 Å². The van der Waals surface area contributed by atoms with E-state index in [9.17, 15) is 9.18 Å². The van der Waals surface area contributed by atoms with Crippen molar-refractivity contribution in [2.75, 3.05) is 17.2 Å². The van der Waals surface area contributed by atoms with Crippen LogP contribution in [0.3, 0.4) is 0 Å².